The van der Waals surface area contributed by atoms with Crippen LogP contribution in [0.3, 0.4) is 0 Å². The number of alkyl halides is 3. The summed E-state index contributed by atoms with van der Waals surface area (Å²) in [4.78, 5) is 22.7. The third-order valence-electron chi connectivity index (χ3n) is 4.72. The van der Waals surface area contributed by atoms with Gasteiger partial charge >= 0.3 is 12.1 Å². The molecule has 1 aromatic carbocycles. The van der Waals surface area contributed by atoms with Crippen molar-refractivity contribution in [1.82, 2.24) is 5.32 Å². The van der Waals surface area contributed by atoms with Crippen molar-refractivity contribution in [3.05, 3.63) is 29.8 Å². The first-order valence-corrected chi connectivity index (χ1v) is 9.05. The van der Waals surface area contributed by atoms with Crippen molar-refractivity contribution in [2.75, 3.05) is 6.61 Å². The van der Waals surface area contributed by atoms with Crippen LogP contribution in [0.15, 0.2) is 24.3 Å². The van der Waals surface area contributed by atoms with Gasteiger partial charge < -0.3 is 15.2 Å². The van der Waals surface area contributed by atoms with E-state index in [2.05, 4.69) is 5.32 Å². The number of carboxylic acids is 1. The van der Waals surface area contributed by atoms with E-state index in [0.717, 1.165) is 5.56 Å². The summed E-state index contributed by atoms with van der Waals surface area (Å²) in [6.45, 7) is 0.433. The Kier molecular flexibility index (Phi) is 7.50. The lowest BCUT2D eigenvalue weighted by atomic mass is 9.78. The first kappa shape index (κ1) is 21.1. The highest BCUT2D eigenvalue weighted by molar-refractivity contribution is 5.79. The van der Waals surface area contributed by atoms with Crippen molar-refractivity contribution < 1.29 is 32.6 Å². The standard InChI is InChI=1S/C19H24F3NO4/c20-19(21,22)16-5-2-1-4-15(16)18(26)23-12-13-7-9-14(10-8-13)27-11-3-6-17(24)25/h7-10,15-16H,1-6,11-12H2,(H,23,26)(H,24,25). The van der Waals surface area contributed by atoms with Gasteiger partial charge in [-0.05, 0) is 37.0 Å². The summed E-state index contributed by atoms with van der Waals surface area (Å²) >= 11 is 0. The van der Waals surface area contributed by atoms with Crippen LogP contribution in [0.1, 0.15) is 44.1 Å². The van der Waals surface area contributed by atoms with Crippen LogP contribution in [0.2, 0.25) is 0 Å². The summed E-state index contributed by atoms with van der Waals surface area (Å²) in [6.07, 6.45) is -2.50. The molecule has 0 aromatic heterocycles. The maximum absolute atomic E-state index is 13.1. The monoisotopic (exact) mass is 387 g/mol. The lowest BCUT2D eigenvalue weighted by Crippen LogP contribution is -2.42. The van der Waals surface area contributed by atoms with E-state index in [1.165, 1.54) is 0 Å². The Labute approximate surface area is 155 Å². The van der Waals surface area contributed by atoms with Gasteiger partial charge in [-0.25, -0.2) is 0 Å². The lowest BCUT2D eigenvalue weighted by molar-refractivity contribution is -0.198. The summed E-state index contributed by atoms with van der Waals surface area (Å²) in [6, 6.07) is 6.80. The number of halogens is 3. The van der Waals surface area contributed by atoms with Gasteiger partial charge in [0.15, 0.2) is 0 Å². The quantitative estimate of drug-likeness (QED) is 0.663. The fraction of sp³-hybridized carbons (Fsp3) is 0.579. The number of hydrogen-bond acceptors (Lipinski definition) is 3. The Morgan fingerprint density at radius 1 is 1.15 bits per heavy atom. The minimum absolute atomic E-state index is 0.00943. The van der Waals surface area contributed by atoms with E-state index in [4.69, 9.17) is 9.84 Å². The van der Waals surface area contributed by atoms with Crippen LogP contribution in [0, 0.1) is 11.8 Å². The molecule has 150 valence electrons. The summed E-state index contributed by atoms with van der Waals surface area (Å²) < 4.78 is 44.7. The van der Waals surface area contributed by atoms with Crippen LogP contribution in [0.4, 0.5) is 13.2 Å². The van der Waals surface area contributed by atoms with E-state index < -0.39 is 29.9 Å². The highest BCUT2D eigenvalue weighted by Crippen LogP contribution is 2.41. The number of carbonyl (C=O) groups is 2. The predicted molar refractivity (Wildman–Crippen MR) is 92.2 cm³/mol. The second kappa shape index (κ2) is 9.62. The van der Waals surface area contributed by atoms with Gasteiger partial charge in [-0.1, -0.05) is 25.0 Å². The molecule has 1 fully saturated rings. The summed E-state index contributed by atoms with van der Waals surface area (Å²) in [5.41, 5.74) is 0.751. The molecular formula is C19H24F3NO4. The molecule has 2 unspecified atom stereocenters. The first-order valence-electron chi connectivity index (χ1n) is 9.05. The van der Waals surface area contributed by atoms with Crippen molar-refractivity contribution >= 4 is 11.9 Å². The normalized spacial score (nSPS) is 20.1. The molecule has 0 spiro atoms. The molecule has 0 saturated heterocycles. The topological polar surface area (TPSA) is 75.6 Å². The van der Waals surface area contributed by atoms with Crippen LogP contribution >= 0.6 is 0 Å². The molecule has 5 nitrogen and oxygen atoms in total. The fourth-order valence-electron chi connectivity index (χ4n) is 3.27. The molecule has 2 rings (SSSR count). The highest BCUT2D eigenvalue weighted by atomic mass is 19.4. The average Bonchev–Trinajstić information content (AvgIpc) is 2.63. The second-order valence-corrected chi connectivity index (χ2v) is 6.75. The number of carbonyl (C=O) groups excluding carboxylic acids is 1. The number of amides is 1. The van der Waals surface area contributed by atoms with Gasteiger partial charge in [0, 0.05) is 18.9 Å². The molecule has 0 radical (unpaired) electrons. The van der Waals surface area contributed by atoms with Crippen molar-refractivity contribution in [2.45, 2.75) is 51.2 Å². The van der Waals surface area contributed by atoms with Crippen LogP contribution < -0.4 is 10.1 Å². The third kappa shape index (κ3) is 6.77. The molecule has 1 aliphatic rings. The summed E-state index contributed by atoms with van der Waals surface area (Å²) in [7, 11) is 0. The van der Waals surface area contributed by atoms with Gasteiger partial charge in [-0.3, -0.25) is 9.59 Å². The van der Waals surface area contributed by atoms with Crippen molar-refractivity contribution in [1.29, 1.82) is 0 Å². The maximum atomic E-state index is 13.1. The van der Waals surface area contributed by atoms with Gasteiger partial charge in [0.1, 0.15) is 5.75 Å². The number of ether oxygens (including phenoxy) is 1. The van der Waals surface area contributed by atoms with Crippen LogP contribution in [0.25, 0.3) is 0 Å². The molecule has 27 heavy (non-hydrogen) atoms. The van der Waals surface area contributed by atoms with Crippen molar-refractivity contribution in [2.24, 2.45) is 11.8 Å². The smallest absolute Gasteiger partial charge is 0.392 e. The maximum Gasteiger partial charge on any atom is 0.392 e. The number of carboxylic acid groups (broad SMARTS) is 1. The predicted octanol–water partition coefficient (Wildman–Crippen LogP) is 3.92. The Bertz CT molecular complexity index is 631. The molecule has 0 heterocycles. The van der Waals surface area contributed by atoms with Crippen molar-refractivity contribution in [3.8, 4) is 5.75 Å². The minimum Gasteiger partial charge on any atom is -0.494 e. The molecule has 1 aliphatic carbocycles. The molecular weight excluding hydrogens is 363 g/mol. The van der Waals surface area contributed by atoms with Crippen LogP contribution in [-0.4, -0.2) is 29.8 Å². The van der Waals surface area contributed by atoms with Gasteiger partial charge in [-0.2, -0.15) is 13.2 Å². The van der Waals surface area contributed by atoms with E-state index in [1.807, 2.05) is 0 Å². The van der Waals surface area contributed by atoms with Crippen LogP contribution in [0.5, 0.6) is 5.75 Å². The SMILES string of the molecule is O=C(O)CCCOc1ccc(CNC(=O)C2CCCCC2C(F)(F)F)cc1. The Hall–Kier alpha value is -2.25. The molecule has 1 saturated carbocycles. The van der Waals surface area contributed by atoms with Gasteiger partial charge in [0.25, 0.3) is 0 Å². The van der Waals surface area contributed by atoms with E-state index in [0.29, 0.717) is 25.0 Å². The molecule has 0 bridgehead atoms. The molecule has 2 N–H and O–H groups in total. The molecule has 1 amide bonds. The summed E-state index contributed by atoms with van der Waals surface area (Å²) in [5, 5.41) is 11.2. The number of benzene rings is 1. The third-order valence-corrected chi connectivity index (χ3v) is 4.72. The van der Waals surface area contributed by atoms with Crippen LogP contribution in [-0.2, 0) is 16.1 Å². The Morgan fingerprint density at radius 2 is 1.81 bits per heavy atom. The molecule has 0 aliphatic heterocycles. The number of aliphatic carboxylic acids is 1. The minimum atomic E-state index is -4.35. The summed E-state index contributed by atoms with van der Waals surface area (Å²) in [5.74, 6) is -3.44. The van der Waals surface area contributed by atoms with Gasteiger partial charge in [0.05, 0.1) is 12.5 Å². The number of hydrogen-bond donors (Lipinski definition) is 2. The number of nitrogens with one attached hydrogen (secondary N) is 1. The molecule has 2 atom stereocenters. The molecule has 8 heteroatoms. The second-order valence-electron chi connectivity index (χ2n) is 6.75. The Morgan fingerprint density at radius 3 is 2.44 bits per heavy atom. The molecule has 1 aromatic rings. The van der Waals surface area contributed by atoms with E-state index >= 15 is 0 Å². The van der Waals surface area contributed by atoms with E-state index in [1.54, 1.807) is 24.3 Å². The fourth-order valence-corrected chi connectivity index (χ4v) is 3.27. The highest BCUT2D eigenvalue weighted by Gasteiger charge is 2.47. The average molecular weight is 387 g/mol. The van der Waals surface area contributed by atoms with E-state index in [-0.39, 0.29) is 32.4 Å². The largest absolute Gasteiger partial charge is 0.494 e. The zero-order valence-corrected chi connectivity index (χ0v) is 14.9. The zero-order chi connectivity index (χ0) is 19.9. The van der Waals surface area contributed by atoms with Gasteiger partial charge in [-0.15, -0.1) is 0 Å². The zero-order valence-electron chi connectivity index (χ0n) is 14.9. The van der Waals surface area contributed by atoms with Crippen molar-refractivity contribution in [3.63, 3.8) is 0 Å². The van der Waals surface area contributed by atoms with E-state index in [9.17, 15) is 22.8 Å². The van der Waals surface area contributed by atoms with Gasteiger partial charge in [0.2, 0.25) is 5.91 Å². The Balaban J connectivity index is 1.81. The lowest BCUT2D eigenvalue weighted by Gasteiger charge is -2.32. The first-order chi connectivity index (χ1) is 12.8. The number of rotatable bonds is 8.